The van der Waals surface area contributed by atoms with Crippen molar-refractivity contribution in [2.45, 2.75) is 24.8 Å². The van der Waals surface area contributed by atoms with Gasteiger partial charge in [-0.2, -0.15) is 0 Å². The van der Waals surface area contributed by atoms with Gasteiger partial charge in [0.25, 0.3) is 6.43 Å². The van der Waals surface area contributed by atoms with E-state index in [4.69, 9.17) is 16.3 Å². The summed E-state index contributed by atoms with van der Waals surface area (Å²) >= 11 is 5.88. The minimum atomic E-state index is -2.60. The molecule has 2 aromatic rings. The molecule has 0 radical (unpaired) electrons. The number of likely N-dealkylation sites (tertiary alicyclic amines) is 1. The zero-order chi connectivity index (χ0) is 23.8. The van der Waals surface area contributed by atoms with Crippen LogP contribution in [0.25, 0.3) is 0 Å². The smallest absolute Gasteiger partial charge is 0.319 e. The average Bonchev–Trinajstić information content (AvgIpc) is 2.80. The van der Waals surface area contributed by atoms with Gasteiger partial charge in [-0.05, 0) is 42.8 Å². The van der Waals surface area contributed by atoms with Gasteiger partial charge in [0.05, 0.1) is 26.4 Å². The van der Waals surface area contributed by atoms with Gasteiger partial charge in [-0.15, -0.1) is 0 Å². The Bertz CT molecular complexity index is 931. The molecule has 3 amide bonds. The van der Waals surface area contributed by atoms with Crippen LogP contribution in [0.1, 0.15) is 18.0 Å². The number of methoxy groups -OCH3 is 1. The monoisotopic (exact) mass is 481 g/mol. The van der Waals surface area contributed by atoms with Crippen molar-refractivity contribution < 1.29 is 23.1 Å². The lowest BCUT2D eigenvalue weighted by Crippen LogP contribution is -2.52. The maximum Gasteiger partial charge on any atom is 0.319 e. The van der Waals surface area contributed by atoms with Gasteiger partial charge in [-0.1, -0.05) is 11.6 Å². The Labute approximate surface area is 195 Å². The standard InChI is InChI=1S/C22H26ClF2N5O3/c1-33-16-6-7-18(26-10-16)17-12-30(13-21(31)27-11-20(24)25)9-8-19(17)29-22(32)28-15-4-2-14(23)3-5-15/h2-7,10,17,19-20H,8-9,11-13H2,1H3,(H,27,31)(H2,28,29,32)/t17-,19+/m0/s1. The molecule has 3 N–H and O–H groups in total. The summed E-state index contributed by atoms with van der Waals surface area (Å²) < 4.78 is 29.9. The Hall–Kier alpha value is -2.98. The van der Waals surface area contributed by atoms with Crippen molar-refractivity contribution in [2.75, 3.05) is 38.6 Å². The summed E-state index contributed by atoms with van der Waals surface area (Å²) in [6, 6.07) is 9.73. The van der Waals surface area contributed by atoms with E-state index in [-0.39, 0.29) is 24.5 Å². The van der Waals surface area contributed by atoms with E-state index in [1.54, 1.807) is 43.6 Å². The Morgan fingerprint density at radius 3 is 2.64 bits per heavy atom. The van der Waals surface area contributed by atoms with Gasteiger partial charge in [0.15, 0.2) is 0 Å². The van der Waals surface area contributed by atoms with Gasteiger partial charge < -0.3 is 20.7 Å². The molecule has 1 aromatic carbocycles. The van der Waals surface area contributed by atoms with Crippen molar-refractivity contribution in [2.24, 2.45) is 0 Å². The Morgan fingerprint density at radius 1 is 1.24 bits per heavy atom. The van der Waals surface area contributed by atoms with E-state index in [0.29, 0.717) is 36.0 Å². The summed E-state index contributed by atoms with van der Waals surface area (Å²) in [7, 11) is 1.54. The van der Waals surface area contributed by atoms with Crippen molar-refractivity contribution in [3.05, 3.63) is 53.3 Å². The number of rotatable bonds is 8. The van der Waals surface area contributed by atoms with Crippen LogP contribution in [0.5, 0.6) is 5.75 Å². The van der Waals surface area contributed by atoms with Crippen molar-refractivity contribution >= 4 is 29.2 Å². The van der Waals surface area contributed by atoms with Crippen LogP contribution in [-0.4, -0.2) is 67.6 Å². The number of hydrogen-bond donors (Lipinski definition) is 3. The second-order valence-corrected chi connectivity index (χ2v) is 8.10. The number of halogens is 3. The SMILES string of the molecule is COc1ccc([C@@H]2CN(CC(=O)NCC(F)F)CC[C@H]2NC(=O)Nc2ccc(Cl)cc2)nc1. The van der Waals surface area contributed by atoms with Crippen molar-refractivity contribution in [3.8, 4) is 5.75 Å². The van der Waals surface area contributed by atoms with E-state index in [2.05, 4.69) is 20.9 Å². The van der Waals surface area contributed by atoms with Crippen LogP contribution in [-0.2, 0) is 4.79 Å². The van der Waals surface area contributed by atoms with E-state index in [9.17, 15) is 18.4 Å². The molecule has 178 valence electrons. The number of aromatic nitrogens is 1. The summed E-state index contributed by atoms with van der Waals surface area (Å²) in [5.41, 5.74) is 1.33. The van der Waals surface area contributed by atoms with Crippen LogP contribution in [0.3, 0.4) is 0 Å². The number of amides is 3. The summed E-state index contributed by atoms with van der Waals surface area (Å²) in [6.07, 6.45) is -0.456. The number of alkyl halides is 2. The maximum absolute atomic E-state index is 12.6. The number of nitrogens with zero attached hydrogens (tertiary/aromatic N) is 2. The van der Waals surface area contributed by atoms with E-state index >= 15 is 0 Å². The third kappa shape index (κ3) is 7.54. The number of anilines is 1. The molecule has 33 heavy (non-hydrogen) atoms. The predicted octanol–water partition coefficient (Wildman–Crippen LogP) is 3.10. The first-order valence-electron chi connectivity index (χ1n) is 10.4. The molecule has 1 aliphatic rings. The van der Waals surface area contributed by atoms with Crippen molar-refractivity contribution in [1.29, 1.82) is 0 Å². The molecule has 2 atom stereocenters. The number of nitrogens with one attached hydrogen (secondary N) is 3. The summed E-state index contributed by atoms with van der Waals surface area (Å²) in [6.45, 7) is 0.252. The molecule has 3 rings (SSSR count). The van der Waals surface area contributed by atoms with Crippen molar-refractivity contribution in [3.63, 3.8) is 0 Å². The Kier molecular flexibility index (Phi) is 8.79. The molecule has 0 unspecified atom stereocenters. The highest BCUT2D eigenvalue weighted by atomic mass is 35.5. The first kappa shape index (κ1) is 24.7. The Balaban J connectivity index is 1.68. The number of carbonyl (C=O) groups is 2. The number of carbonyl (C=O) groups excluding carboxylic acids is 2. The molecule has 2 heterocycles. The quantitative estimate of drug-likeness (QED) is 0.538. The Morgan fingerprint density at radius 2 is 2.00 bits per heavy atom. The third-order valence-electron chi connectivity index (χ3n) is 5.31. The third-order valence-corrected chi connectivity index (χ3v) is 5.56. The highest BCUT2D eigenvalue weighted by Gasteiger charge is 2.33. The molecular formula is C22H26ClF2N5O3. The maximum atomic E-state index is 12.6. The molecule has 0 bridgehead atoms. The highest BCUT2D eigenvalue weighted by molar-refractivity contribution is 6.30. The number of hydrogen-bond acceptors (Lipinski definition) is 5. The predicted molar refractivity (Wildman–Crippen MR) is 121 cm³/mol. The lowest BCUT2D eigenvalue weighted by molar-refractivity contribution is -0.123. The average molecular weight is 482 g/mol. The molecule has 11 heteroatoms. The van der Waals surface area contributed by atoms with Crippen LogP contribution in [0.2, 0.25) is 5.02 Å². The fourth-order valence-electron chi connectivity index (χ4n) is 3.69. The molecule has 0 saturated carbocycles. The normalized spacial score (nSPS) is 18.6. The first-order chi connectivity index (χ1) is 15.8. The second kappa shape index (κ2) is 11.8. The minimum absolute atomic E-state index is 0.0108. The summed E-state index contributed by atoms with van der Waals surface area (Å²) in [5, 5.41) is 8.56. The highest BCUT2D eigenvalue weighted by Crippen LogP contribution is 2.27. The lowest BCUT2D eigenvalue weighted by Gasteiger charge is -2.38. The molecule has 1 aliphatic heterocycles. The van der Waals surface area contributed by atoms with Crippen LogP contribution in [0, 0.1) is 0 Å². The van der Waals surface area contributed by atoms with Gasteiger partial charge in [-0.3, -0.25) is 14.7 Å². The molecular weight excluding hydrogens is 456 g/mol. The molecule has 1 aromatic heterocycles. The summed E-state index contributed by atoms with van der Waals surface area (Å²) in [4.78, 5) is 31.0. The van der Waals surface area contributed by atoms with E-state index in [1.807, 2.05) is 11.0 Å². The van der Waals surface area contributed by atoms with Crippen LogP contribution < -0.4 is 20.7 Å². The largest absolute Gasteiger partial charge is 0.495 e. The number of urea groups is 1. The fraction of sp³-hybridized carbons (Fsp3) is 0.409. The van der Waals surface area contributed by atoms with Gasteiger partial charge in [-0.25, -0.2) is 13.6 Å². The second-order valence-electron chi connectivity index (χ2n) is 7.66. The number of piperidine rings is 1. The van der Waals surface area contributed by atoms with Gasteiger partial charge in [0.2, 0.25) is 5.91 Å². The van der Waals surface area contributed by atoms with Crippen LogP contribution >= 0.6 is 11.6 Å². The van der Waals surface area contributed by atoms with Gasteiger partial charge in [0, 0.05) is 41.5 Å². The lowest BCUT2D eigenvalue weighted by atomic mass is 9.88. The zero-order valence-electron chi connectivity index (χ0n) is 18.1. The van der Waals surface area contributed by atoms with Gasteiger partial charge in [0.1, 0.15) is 5.75 Å². The van der Waals surface area contributed by atoms with Crippen LogP contribution in [0.4, 0.5) is 19.3 Å². The molecule has 8 nitrogen and oxygen atoms in total. The van der Waals surface area contributed by atoms with Crippen molar-refractivity contribution in [1.82, 2.24) is 20.5 Å². The van der Waals surface area contributed by atoms with E-state index in [1.165, 1.54) is 0 Å². The molecule has 0 aliphatic carbocycles. The van der Waals surface area contributed by atoms with E-state index < -0.39 is 18.9 Å². The molecule has 1 fully saturated rings. The zero-order valence-corrected chi connectivity index (χ0v) is 18.8. The number of ether oxygens (including phenoxy) is 1. The minimum Gasteiger partial charge on any atom is -0.495 e. The summed E-state index contributed by atoms with van der Waals surface area (Å²) in [5.74, 6) is -0.0880. The first-order valence-corrected chi connectivity index (χ1v) is 10.8. The molecule has 0 spiro atoms. The van der Waals surface area contributed by atoms with Crippen LogP contribution in [0.15, 0.2) is 42.6 Å². The fourth-order valence-corrected chi connectivity index (χ4v) is 3.81. The van der Waals surface area contributed by atoms with Gasteiger partial charge >= 0.3 is 6.03 Å². The number of benzene rings is 1. The topological polar surface area (TPSA) is 95.6 Å². The number of pyridine rings is 1. The molecule has 1 saturated heterocycles. The van der Waals surface area contributed by atoms with E-state index in [0.717, 1.165) is 5.69 Å².